The highest BCUT2D eigenvalue weighted by Crippen LogP contribution is 2.31. The van der Waals surface area contributed by atoms with E-state index in [4.69, 9.17) is 0 Å². The molecule has 0 radical (unpaired) electrons. The van der Waals surface area contributed by atoms with E-state index in [9.17, 15) is 14.1 Å². The van der Waals surface area contributed by atoms with Crippen molar-refractivity contribution in [3.8, 4) is 0 Å². The fourth-order valence-electron chi connectivity index (χ4n) is 2.13. The lowest BCUT2D eigenvalue weighted by molar-refractivity contribution is 0.0701. The molecule has 2 N–H and O–H groups in total. The summed E-state index contributed by atoms with van der Waals surface area (Å²) in [6, 6.07) is 7.74. The van der Waals surface area contributed by atoms with Crippen LogP contribution in [0.4, 0.5) is 0 Å². The summed E-state index contributed by atoms with van der Waals surface area (Å²) in [5.41, 5.74) is 0.841. The number of carbonyl (C=O) groups is 1. The van der Waals surface area contributed by atoms with E-state index in [1.54, 1.807) is 6.26 Å². The van der Waals surface area contributed by atoms with Crippen molar-refractivity contribution in [3.05, 3.63) is 34.7 Å². The van der Waals surface area contributed by atoms with Gasteiger partial charge in [0.25, 0.3) is 0 Å². The topological polar surface area (TPSA) is 66.4 Å². The van der Waals surface area contributed by atoms with E-state index >= 15 is 0 Å². The van der Waals surface area contributed by atoms with E-state index in [1.165, 1.54) is 11.3 Å². The van der Waals surface area contributed by atoms with Gasteiger partial charge in [-0.2, -0.15) is 0 Å². The Balaban J connectivity index is 2.08. The van der Waals surface area contributed by atoms with Gasteiger partial charge in [-0.05, 0) is 30.0 Å². The first-order valence-electron chi connectivity index (χ1n) is 6.77. The Morgan fingerprint density at radius 1 is 1.43 bits per heavy atom. The Bertz CT molecular complexity index is 666. The van der Waals surface area contributed by atoms with Crippen LogP contribution in [0.25, 0.3) is 10.1 Å². The molecule has 21 heavy (non-hydrogen) atoms. The van der Waals surface area contributed by atoms with Gasteiger partial charge in [0.05, 0.1) is 0 Å². The number of rotatable bonds is 7. The smallest absolute Gasteiger partial charge is 0.346 e. The molecule has 0 saturated heterocycles. The first-order chi connectivity index (χ1) is 10.0. The van der Waals surface area contributed by atoms with E-state index in [-0.39, 0.29) is 5.25 Å². The van der Waals surface area contributed by atoms with Crippen LogP contribution in [0.15, 0.2) is 24.3 Å². The van der Waals surface area contributed by atoms with Crippen molar-refractivity contribution in [1.82, 2.24) is 5.32 Å². The monoisotopic (exact) mass is 325 g/mol. The second-order valence-electron chi connectivity index (χ2n) is 4.99. The minimum absolute atomic E-state index is 0.149. The van der Waals surface area contributed by atoms with Gasteiger partial charge >= 0.3 is 5.97 Å². The average molecular weight is 325 g/mol. The van der Waals surface area contributed by atoms with Crippen LogP contribution in [-0.2, 0) is 17.3 Å². The van der Waals surface area contributed by atoms with Crippen LogP contribution in [-0.4, -0.2) is 33.3 Å². The number of benzene rings is 1. The molecule has 2 atom stereocenters. The minimum Gasteiger partial charge on any atom is -0.477 e. The third-order valence-corrected chi connectivity index (χ3v) is 6.06. The van der Waals surface area contributed by atoms with Crippen LogP contribution in [0.1, 0.15) is 28.6 Å². The molecule has 0 fully saturated rings. The number of carboxylic acid groups (broad SMARTS) is 1. The maximum atomic E-state index is 11.4. The molecule has 2 aromatic rings. The number of carboxylic acids is 1. The summed E-state index contributed by atoms with van der Waals surface area (Å²) in [6.45, 7) is 3.21. The molecule has 2 rings (SSSR count). The van der Waals surface area contributed by atoms with Crippen LogP contribution >= 0.6 is 11.3 Å². The lowest BCUT2D eigenvalue weighted by Crippen LogP contribution is -2.21. The second-order valence-corrected chi connectivity index (χ2v) is 7.84. The van der Waals surface area contributed by atoms with Crippen molar-refractivity contribution in [3.63, 3.8) is 0 Å². The maximum Gasteiger partial charge on any atom is 0.346 e. The number of aromatic carboxylic acids is 1. The van der Waals surface area contributed by atoms with Crippen molar-refractivity contribution >= 4 is 38.2 Å². The van der Waals surface area contributed by atoms with Crippen molar-refractivity contribution in [1.29, 1.82) is 0 Å². The number of thiophene rings is 1. The van der Waals surface area contributed by atoms with E-state index < -0.39 is 16.8 Å². The molecule has 4 nitrogen and oxygen atoms in total. The predicted octanol–water partition coefficient (Wildman–Crippen LogP) is 2.85. The molecule has 0 aliphatic heterocycles. The van der Waals surface area contributed by atoms with Crippen molar-refractivity contribution in [2.75, 3.05) is 12.8 Å². The zero-order chi connectivity index (χ0) is 15.4. The standard InChI is InChI=1S/C15H19NO3S2/c1-10(21(2)19)7-8-16-9-12-11-5-3-4-6-13(11)20-14(12)15(17)18/h3-6,10,16H,7-9H2,1-2H3,(H,17,18). The highest BCUT2D eigenvalue weighted by atomic mass is 32.2. The zero-order valence-corrected chi connectivity index (χ0v) is 13.7. The summed E-state index contributed by atoms with van der Waals surface area (Å²) in [4.78, 5) is 11.8. The molecule has 0 bridgehead atoms. The summed E-state index contributed by atoms with van der Waals surface area (Å²) < 4.78 is 12.3. The van der Waals surface area contributed by atoms with E-state index in [0.29, 0.717) is 11.4 Å². The molecule has 0 aliphatic carbocycles. The van der Waals surface area contributed by atoms with Crippen LogP contribution in [0, 0.1) is 0 Å². The Morgan fingerprint density at radius 2 is 2.14 bits per heavy atom. The highest BCUT2D eigenvalue weighted by molar-refractivity contribution is 7.84. The third kappa shape index (κ3) is 3.90. The molecule has 6 heteroatoms. The van der Waals surface area contributed by atoms with Crippen LogP contribution < -0.4 is 5.32 Å². The van der Waals surface area contributed by atoms with Gasteiger partial charge in [-0.25, -0.2) is 4.79 Å². The van der Waals surface area contributed by atoms with Crippen molar-refractivity contribution in [2.24, 2.45) is 0 Å². The van der Waals surface area contributed by atoms with Crippen LogP contribution in [0.2, 0.25) is 0 Å². The minimum atomic E-state index is -0.879. The fourth-order valence-corrected chi connectivity index (χ4v) is 3.64. The summed E-state index contributed by atoms with van der Waals surface area (Å²) in [5, 5.41) is 13.7. The number of hydrogen-bond donors (Lipinski definition) is 2. The van der Waals surface area contributed by atoms with Gasteiger partial charge in [-0.1, -0.05) is 25.1 Å². The number of fused-ring (bicyclic) bond motifs is 1. The van der Waals surface area contributed by atoms with E-state index in [0.717, 1.165) is 28.6 Å². The Labute approximate surface area is 130 Å². The molecule has 1 heterocycles. The molecule has 0 saturated carbocycles. The van der Waals surface area contributed by atoms with Gasteiger partial charge in [0.15, 0.2) is 0 Å². The number of nitrogens with one attached hydrogen (secondary N) is 1. The molecule has 114 valence electrons. The molecule has 0 spiro atoms. The maximum absolute atomic E-state index is 11.4. The normalized spacial score (nSPS) is 14.2. The summed E-state index contributed by atoms with van der Waals surface area (Å²) in [5.74, 6) is -0.879. The summed E-state index contributed by atoms with van der Waals surface area (Å²) in [7, 11) is -0.817. The molecule has 0 aliphatic rings. The average Bonchev–Trinajstić information content (AvgIpc) is 2.82. The fraction of sp³-hybridized carbons (Fsp3) is 0.400. The largest absolute Gasteiger partial charge is 0.477 e. The Hall–Kier alpha value is -1.24. The van der Waals surface area contributed by atoms with Gasteiger partial charge in [0, 0.05) is 33.5 Å². The molecule has 1 aromatic heterocycles. The SMILES string of the molecule is CC(CCNCc1c(C(=O)O)sc2ccccc12)S(C)=O. The highest BCUT2D eigenvalue weighted by Gasteiger charge is 2.17. The Morgan fingerprint density at radius 3 is 2.81 bits per heavy atom. The number of hydrogen-bond acceptors (Lipinski definition) is 4. The predicted molar refractivity (Wildman–Crippen MR) is 88.6 cm³/mol. The molecule has 0 amide bonds. The first-order valence-corrected chi connectivity index (χ1v) is 9.21. The molecular formula is C15H19NO3S2. The van der Waals surface area contributed by atoms with Gasteiger partial charge in [-0.3, -0.25) is 4.21 Å². The molecular weight excluding hydrogens is 306 g/mol. The molecule has 2 unspecified atom stereocenters. The lowest BCUT2D eigenvalue weighted by atomic mass is 10.1. The van der Waals surface area contributed by atoms with Gasteiger partial charge in [0.2, 0.25) is 0 Å². The lowest BCUT2D eigenvalue weighted by Gasteiger charge is -2.09. The second kappa shape index (κ2) is 7.15. The van der Waals surface area contributed by atoms with E-state index in [2.05, 4.69) is 5.32 Å². The third-order valence-electron chi connectivity index (χ3n) is 3.49. The zero-order valence-electron chi connectivity index (χ0n) is 12.1. The molecule has 1 aromatic carbocycles. The quantitative estimate of drug-likeness (QED) is 0.768. The first kappa shape index (κ1) is 16.1. The van der Waals surface area contributed by atoms with Crippen LogP contribution in [0.5, 0.6) is 0 Å². The van der Waals surface area contributed by atoms with Gasteiger partial charge in [0.1, 0.15) is 4.88 Å². The van der Waals surface area contributed by atoms with Crippen molar-refractivity contribution in [2.45, 2.75) is 25.1 Å². The van der Waals surface area contributed by atoms with E-state index in [1.807, 2.05) is 31.2 Å². The summed E-state index contributed by atoms with van der Waals surface area (Å²) >= 11 is 1.31. The Kier molecular flexibility index (Phi) is 5.50. The van der Waals surface area contributed by atoms with Crippen LogP contribution in [0.3, 0.4) is 0 Å². The summed E-state index contributed by atoms with van der Waals surface area (Å²) in [6.07, 6.45) is 2.52. The van der Waals surface area contributed by atoms with Gasteiger partial charge < -0.3 is 10.4 Å². The van der Waals surface area contributed by atoms with Crippen molar-refractivity contribution < 1.29 is 14.1 Å². The van der Waals surface area contributed by atoms with Gasteiger partial charge in [-0.15, -0.1) is 11.3 Å².